The molecule has 52 heavy (non-hydrogen) atoms. The average Bonchev–Trinajstić information content (AvgIpc) is 3.16. The first-order chi connectivity index (χ1) is 25.2. The lowest BCUT2D eigenvalue weighted by atomic mass is 9.67. The fourth-order valence-electron chi connectivity index (χ4n) is 6.67. The first-order valence-corrected chi connectivity index (χ1v) is 19.7. The number of benzene rings is 3. The van der Waals surface area contributed by atoms with Crippen LogP contribution in [-0.2, 0) is 32.6 Å². The molecule has 10 nitrogen and oxygen atoms in total. The number of phenols is 2. The number of nitrogens with zero attached hydrogens (tertiary/aromatic N) is 2. The number of carbonyl (C=O) groups is 2. The summed E-state index contributed by atoms with van der Waals surface area (Å²) >= 11 is 1.97. The normalized spacial score (nSPS) is 15.9. The van der Waals surface area contributed by atoms with E-state index in [0.717, 1.165) is 92.9 Å². The molecule has 11 heteroatoms. The minimum absolute atomic E-state index is 0.00463. The molecule has 284 valence electrons. The zero-order chi connectivity index (χ0) is 37.3. The van der Waals surface area contributed by atoms with Gasteiger partial charge in [0.2, 0.25) is 0 Å². The Morgan fingerprint density at radius 3 is 2.54 bits per heavy atom. The highest BCUT2D eigenvalue weighted by Crippen LogP contribution is 2.45. The van der Waals surface area contributed by atoms with Crippen LogP contribution in [0.15, 0.2) is 60.7 Å². The number of hydrogen-bond acceptors (Lipinski definition) is 10. The lowest BCUT2D eigenvalue weighted by Gasteiger charge is -2.42. The first kappa shape index (κ1) is 41.2. The van der Waals surface area contributed by atoms with E-state index in [1.165, 1.54) is 5.56 Å². The molecule has 3 aromatic rings. The molecule has 0 radical (unpaired) electrons. The molecule has 1 atom stereocenters. The highest BCUT2D eigenvalue weighted by atomic mass is 32.2. The molecule has 1 saturated heterocycles. The third-order valence-corrected chi connectivity index (χ3v) is 11.1. The van der Waals surface area contributed by atoms with Gasteiger partial charge in [-0.05, 0) is 101 Å². The maximum Gasteiger partial charge on any atom is 0.262 e. The van der Waals surface area contributed by atoms with Gasteiger partial charge in [-0.3, -0.25) is 4.79 Å². The number of fused-ring (bicyclic) bond motifs is 1. The largest absolute Gasteiger partial charge is 0.508 e. The molecular weight excluding hydrogens is 677 g/mol. The van der Waals surface area contributed by atoms with Crippen LogP contribution in [0.25, 0.3) is 0 Å². The predicted octanol–water partition coefficient (Wildman–Crippen LogP) is 5.48. The highest BCUT2D eigenvalue weighted by molar-refractivity contribution is 7.99. The molecule has 0 spiro atoms. The summed E-state index contributed by atoms with van der Waals surface area (Å²) in [5, 5.41) is 26.7. The van der Waals surface area contributed by atoms with Gasteiger partial charge in [0.15, 0.2) is 12.4 Å². The molecule has 0 aromatic heterocycles. The Kier molecular flexibility index (Phi) is 16.8. The number of aldehydes is 1. The van der Waals surface area contributed by atoms with Crippen LogP contribution in [-0.4, -0.2) is 116 Å². The Morgan fingerprint density at radius 1 is 1.06 bits per heavy atom. The number of piperidine rings is 1. The van der Waals surface area contributed by atoms with Crippen LogP contribution in [0.3, 0.4) is 0 Å². The number of phenolic OH excluding ortho intramolecular Hbond substituents is 2. The van der Waals surface area contributed by atoms with Crippen molar-refractivity contribution in [2.75, 3.05) is 83.5 Å². The Balaban J connectivity index is 0.000000234. The Morgan fingerprint density at radius 2 is 1.81 bits per heavy atom. The van der Waals surface area contributed by atoms with Crippen molar-refractivity contribution in [2.45, 2.75) is 57.4 Å². The van der Waals surface area contributed by atoms with Crippen LogP contribution in [0.1, 0.15) is 55.4 Å². The molecule has 4 N–H and O–H groups in total. The molecule has 0 saturated carbocycles. The number of carbonyl (C=O) groups excluding carboxylic acids is 2. The molecule has 2 aliphatic rings. The number of rotatable bonds is 18. The van der Waals surface area contributed by atoms with E-state index < -0.39 is 0 Å². The second-order valence-electron chi connectivity index (χ2n) is 13.7. The Bertz CT molecular complexity index is 1550. The second kappa shape index (κ2) is 21.2. The van der Waals surface area contributed by atoms with E-state index in [0.29, 0.717) is 42.9 Å². The number of nitrogens with one attached hydrogen (secondary N) is 2. The average molecular weight is 735 g/mol. The maximum absolute atomic E-state index is 11.4. The van der Waals surface area contributed by atoms with Crippen LogP contribution in [0.2, 0.25) is 0 Å². The van der Waals surface area contributed by atoms with Crippen molar-refractivity contribution in [2.24, 2.45) is 0 Å². The van der Waals surface area contributed by atoms with Crippen molar-refractivity contribution in [1.29, 1.82) is 0 Å². The van der Waals surface area contributed by atoms with E-state index >= 15 is 0 Å². The van der Waals surface area contributed by atoms with Crippen molar-refractivity contribution in [3.8, 4) is 17.2 Å². The topological polar surface area (TPSA) is 124 Å². The summed E-state index contributed by atoms with van der Waals surface area (Å²) in [5.74, 6) is 3.08. The van der Waals surface area contributed by atoms with E-state index in [1.54, 1.807) is 6.07 Å². The zero-order valence-corrected chi connectivity index (χ0v) is 32.2. The molecule has 5 rings (SSSR count). The fourth-order valence-corrected chi connectivity index (χ4v) is 7.50. The van der Waals surface area contributed by atoms with Gasteiger partial charge in [-0.2, -0.15) is 11.8 Å². The van der Waals surface area contributed by atoms with Crippen molar-refractivity contribution in [3.63, 3.8) is 0 Å². The Labute approximate surface area is 314 Å². The molecular formula is C41H58N4O6S. The smallest absolute Gasteiger partial charge is 0.262 e. The quantitative estimate of drug-likeness (QED) is 0.0760. The predicted molar refractivity (Wildman–Crippen MR) is 211 cm³/mol. The second-order valence-corrected chi connectivity index (χ2v) is 15.0. The van der Waals surface area contributed by atoms with Crippen LogP contribution >= 0.6 is 11.8 Å². The summed E-state index contributed by atoms with van der Waals surface area (Å²) in [7, 11) is 4.32. The third kappa shape index (κ3) is 11.7. The monoisotopic (exact) mass is 734 g/mol. The summed E-state index contributed by atoms with van der Waals surface area (Å²) in [6.07, 6.45) is 4.84. The van der Waals surface area contributed by atoms with Crippen LogP contribution < -0.4 is 15.4 Å². The van der Waals surface area contributed by atoms with Gasteiger partial charge in [0.1, 0.15) is 23.5 Å². The number of likely N-dealkylation sites (N-methyl/N-ethyl adjacent to an activating group) is 1. The van der Waals surface area contributed by atoms with Gasteiger partial charge in [0.25, 0.3) is 5.91 Å². The highest BCUT2D eigenvalue weighted by Gasteiger charge is 2.39. The van der Waals surface area contributed by atoms with Crippen LogP contribution in [0.4, 0.5) is 5.69 Å². The number of aromatic hydroxyl groups is 2. The van der Waals surface area contributed by atoms with Gasteiger partial charge < -0.3 is 44.9 Å². The fraction of sp³-hybridized carbons (Fsp3) is 0.512. The van der Waals surface area contributed by atoms with Crippen molar-refractivity contribution < 1.29 is 29.3 Å². The van der Waals surface area contributed by atoms with E-state index in [4.69, 9.17) is 9.47 Å². The van der Waals surface area contributed by atoms with Crippen LogP contribution in [0.5, 0.6) is 17.2 Å². The summed E-state index contributed by atoms with van der Waals surface area (Å²) in [5.41, 5.74) is 4.66. The number of anilines is 1. The zero-order valence-electron chi connectivity index (χ0n) is 31.4. The van der Waals surface area contributed by atoms with Crippen LogP contribution in [0, 0.1) is 0 Å². The molecule has 1 fully saturated rings. The molecule has 0 aliphatic carbocycles. The number of amides is 1. The molecule has 3 aromatic carbocycles. The summed E-state index contributed by atoms with van der Waals surface area (Å²) < 4.78 is 11.0. The lowest BCUT2D eigenvalue weighted by molar-refractivity contribution is -0.118. The van der Waals surface area contributed by atoms with Gasteiger partial charge in [-0.15, -0.1) is 0 Å². The van der Waals surface area contributed by atoms with Gasteiger partial charge >= 0.3 is 0 Å². The first-order valence-electron chi connectivity index (χ1n) is 18.5. The summed E-state index contributed by atoms with van der Waals surface area (Å²) in [6.45, 7) is 10.3. The van der Waals surface area contributed by atoms with Gasteiger partial charge in [0.05, 0.1) is 13.2 Å². The summed E-state index contributed by atoms with van der Waals surface area (Å²) in [4.78, 5) is 26.5. The van der Waals surface area contributed by atoms with Gasteiger partial charge in [0, 0.05) is 42.3 Å². The molecule has 1 unspecified atom stereocenters. The van der Waals surface area contributed by atoms with Gasteiger partial charge in [-0.25, -0.2) is 0 Å². The number of ether oxygens (including phenoxy) is 2. The number of thioether (sulfide) groups is 1. The number of likely N-dealkylation sites (tertiary alicyclic amines) is 1. The Hall–Kier alpha value is -3.61. The van der Waals surface area contributed by atoms with E-state index in [1.807, 2.05) is 36.0 Å². The molecule has 1 amide bonds. The van der Waals surface area contributed by atoms with Gasteiger partial charge in [-0.1, -0.05) is 55.5 Å². The maximum atomic E-state index is 11.4. The van der Waals surface area contributed by atoms with E-state index in [9.17, 15) is 19.8 Å². The minimum Gasteiger partial charge on any atom is -0.508 e. The molecule has 0 bridgehead atoms. The minimum atomic E-state index is -0.239. The van der Waals surface area contributed by atoms with Crippen molar-refractivity contribution in [3.05, 3.63) is 82.9 Å². The SMILES string of the molecule is CCSCC(C)N(C)CCNCCc1ccc(O)c2c1OCC(=O)N2.CN1CCC(c2ccccc2)(c2cc(CCOCCC=O)ccc2O)CC1. The van der Waals surface area contributed by atoms with E-state index in [2.05, 4.69) is 78.7 Å². The standard InChI is InChI=1S/C23H29NO3.C18H29N3O3S/c1-24-13-11-23(12-14-24,20-6-3-2-4-7-20)21-18-19(8-9-22(21)26)10-17-27-16-5-15-25;1-4-25-12-13(2)21(3)10-9-19-8-7-14-5-6-15(22)17-18(14)24-11-16(23)20-17/h2-4,6-9,15,18,26H,5,10-14,16-17H2,1H3;5-6,13,19,22H,4,7-12H2,1-3H3,(H,20,23). The number of hydrogen-bond donors (Lipinski definition) is 4. The summed E-state index contributed by atoms with van der Waals surface area (Å²) in [6, 6.07) is 20.5. The van der Waals surface area contributed by atoms with E-state index in [-0.39, 0.29) is 23.7 Å². The molecule has 2 heterocycles. The van der Waals surface area contributed by atoms with Crippen molar-refractivity contribution >= 4 is 29.6 Å². The molecule has 2 aliphatic heterocycles. The third-order valence-electron chi connectivity index (χ3n) is 10.0. The van der Waals surface area contributed by atoms with Crippen molar-refractivity contribution in [1.82, 2.24) is 15.1 Å². The lowest BCUT2D eigenvalue weighted by Crippen LogP contribution is -2.41.